The highest BCUT2D eigenvalue weighted by Gasteiger charge is 2.03. The van der Waals surface area contributed by atoms with Crippen LogP contribution in [0.2, 0.25) is 0 Å². The number of hydrogen-bond donors (Lipinski definition) is 0. The van der Waals surface area contributed by atoms with Crippen molar-refractivity contribution < 1.29 is 23.9 Å². The van der Waals surface area contributed by atoms with E-state index in [4.69, 9.17) is 4.74 Å². The fourth-order valence-electron chi connectivity index (χ4n) is 2.59. The quantitative estimate of drug-likeness (QED) is 0.462. The first-order chi connectivity index (χ1) is 14.7. The molecule has 0 atom stereocenters. The lowest BCUT2D eigenvalue weighted by Gasteiger charge is -2.06. The standard InChI is InChI=1S/C16H14O3.C10H10O2/c1-11(17)13-3-7-15(8-4-13)19-16-9-5-14(6-10-16)12(2)18;1-7(11)9-3-5-10(6-4-9)8(2)12/h3-10H,1-2H3;3-6H,1-2H3. The van der Waals surface area contributed by atoms with Gasteiger partial charge in [-0.15, -0.1) is 0 Å². The third-order valence-electron chi connectivity index (χ3n) is 4.46. The molecule has 5 nitrogen and oxygen atoms in total. The van der Waals surface area contributed by atoms with E-state index in [9.17, 15) is 19.2 Å². The molecule has 0 bridgehead atoms. The Labute approximate surface area is 181 Å². The zero-order valence-electron chi connectivity index (χ0n) is 18.0. The van der Waals surface area contributed by atoms with Gasteiger partial charge in [0.25, 0.3) is 0 Å². The van der Waals surface area contributed by atoms with Crippen molar-refractivity contribution in [2.45, 2.75) is 27.7 Å². The molecule has 0 unspecified atom stereocenters. The molecular formula is C26H24O5. The summed E-state index contributed by atoms with van der Waals surface area (Å²) in [4.78, 5) is 44.0. The molecule has 0 aromatic heterocycles. The van der Waals surface area contributed by atoms with E-state index in [0.717, 1.165) is 0 Å². The number of carbonyl (C=O) groups excluding carboxylic acids is 4. The third-order valence-corrected chi connectivity index (χ3v) is 4.46. The highest BCUT2D eigenvalue weighted by Crippen LogP contribution is 2.22. The molecule has 0 fully saturated rings. The van der Waals surface area contributed by atoms with Crippen LogP contribution in [0.4, 0.5) is 0 Å². The van der Waals surface area contributed by atoms with Gasteiger partial charge >= 0.3 is 0 Å². The van der Waals surface area contributed by atoms with Gasteiger partial charge < -0.3 is 4.74 Å². The second-order valence-electron chi connectivity index (χ2n) is 6.95. The molecule has 3 aromatic rings. The molecular weight excluding hydrogens is 392 g/mol. The van der Waals surface area contributed by atoms with Gasteiger partial charge in [0.15, 0.2) is 23.1 Å². The first-order valence-electron chi connectivity index (χ1n) is 9.69. The van der Waals surface area contributed by atoms with E-state index in [0.29, 0.717) is 33.8 Å². The van der Waals surface area contributed by atoms with Crippen molar-refractivity contribution in [1.29, 1.82) is 0 Å². The number of hydrogen-bond acceptors (Lipinski definition) is 5. The van der Waals surface area contributed by atoms with Gasteiger partial charge in [-0.3, -0.25) is 19.2 Å². The van der Waals surface area contributed by atoms with Gasteiger partial charge in [-0.1, -0.05) is 24.3 Å². The van der Waals surface area contributed by atoms with E-state index in [2.05, 4.69) is 0 Å². The van der Waals surface area contributed by atoms with Gasteiger partial charge in [-0.05, 0) is 76.2 Å². The lowest BCUT2D eigenvalue weighted by atomic mass is 10.1. The maximum absolute atomic E-state index is 11.1. The molecule has 31 heavy (non-hydrogen) atoms. The molecule has 0 amide bonds. The summed E-state index contributed by atoms with van der Waals surface area (Å²) in [5.41, 5.74) is 2.58. The van der Waals surface area contributed by atoms with Crippen LogP contribution in [0.5, 0.6) is 11.5 Å². The summed E-state index contributed by atoms with van der Waals surface area (Å²) < 4.78 is 5.63. The largest absolute Gasteiger partial charge is 0.457 e. The summed E-state index contributed by atoms with van der Waals surface area (Å²) in [6.07, 6.45) is 0. The minimum absolute atomic E-state index is 0.0186. The highest BCUT2D eigenvalue weighted by atomic mass is 16.5. The monoisotopic (exact) mass is 416 g/mol. The molecule has 5 heteroatoms. The van der Waals surface area contributed by atoms with Crippen molar-refractivity contribution in [2.75, 3.05) is 0 Å². The molecule has 0 saturated carbocycles. The number of Topliss-reactive ketones (excluding diaryl/α,β-unsaturated/α-hetero) is 4. The lowest BCUT2D eigenvalue weighted by molar-refractivity contribution is 0.100. The van der Waals surface area contributed by atoms with E-state index in [-0.39, 0.29) is 23.1 Å². The summed E-state index contributed by atoms with van der Waals surface area (Å²) in [6, 6.07) is 20.5. The Morgan fingerprint density at radius 2 is 0.613 bits per heavy atom. The Hall–Kier alpha value is -3.86. The fourth-order valence-corrected chi connectivity index (χ4v) is 2.59. The number of rotatable bonds is 6. The van der Waals surface area contributed by atoms with Crippen molar-refractivity contribution in [1.82, 2.24) is 0 Å². The van der Waals surface area contributed by atoms with Crippen molar-refractivity contribution in [3.05, 3.63) is 95.1 Å². The van der Waals surface area contributed by atoms with Gasteiger partial charge in [-0.2, -0.15) is 0 Å². The summed E-state index contributed by atoms with van der Waals surface area (Å²) in [6.45, 7) is 6.05. The van der Waals surface area contributed by atoms with E-state index in [1.807, 2.05) is 0 Å². The van der Waals surface area contributed by atoms with E-state index >= 15 is 0 Å². The smallest absolute Gasteiger partial charge is 0.159 e. The summed E-state index contributed by atoms with van der Waals surface area (Å²) >= 11 is 0. The van der Waals surface area contributed by atoms with Gasteiger partial charge in [0.1, 0.15) is 11.5 Å². The molecule has 0 heterocycles. The minimum atomic E-state index is 0.0186. The molecule has 0 radical (unpaired) electrons. The van der Waals surface area contributed by atoms with Crippen molar-refractivity contribution >= 4 is 23.1 Å². The van der Waals surface area contributed by atoms with Gasteiger partial charge in [0.05, 0.1) is 0 Å². The Kier molecular flexibility index (Phi) is 8.15. The number of ketones is 4. The van der Waals surface area contributed by atoms with Crippen LogP contribution < -0.4 is 4.74 Å². The summed E-state index contributed by atoms with van der Waals surface area (Å²) in [5, 5.41) is 0. The second-order valence-corrected chi connectivity index (χ2v) is 6.95. The average Bonchev–Trinajstić information content (AvgIpc) is 2.75. The number of ether oxygens (including phenoxy) is 1. The maximum atomic E-state index is 11.1. The second kappa shape index (κ2) is 10.8. The van der Waals surface area contributed by atoms with Gasteiger partial charge in [0, 0.05) is 22.3 Å². The Balaban J connectivity index is 0.000000245. The predicted molar refractivity (Wildman–Crippen MR) is 119 cm³/mol. The SMILES string of the molecule is CC(=O)c1ccc(C(C)=O)cc1.CC(=O)c1ccc(Oc2ccc(C(C)=O)cc2)cc1. The topological polar surface area (TPSA) is 77.5 Å². The molecule has 158 valence electrons. The number of carbonyl (C=O) groups is 4. The third kappa shape index (κ3) is 7.16. The normalized spacial score (nSPS) is 9.81. The predicted octanol–water partition coefficient (Wildman–Crippen LogP) is 5.98. The molecule has 0 aliphatic rings. The van der Waals surface area contributed by atoms with Crippen LogP contribution in [0.3, 0.4) is 0 Å². The average molecular weight is 416 g/mol. The minimum Gasteiger partial charge on any atom is -0.457 e. The Morgan fingerprint density at radius 1 is 0.419 bits per heavy atom. The van der Waals surface area contributed by atoms with E-state index < -0.39 is 0 Å². The van der Waals surface area contributed by atoms with Crippen molar-refractivity contribution in [2.24, 2.45) is 0 Å². The molecule has 0 saturated heterocycles. The number of benzene rings is 3. The van der Waals surface area contributed by atoms with Crippen LogP contribution in [0, 0.1) is 0 Å². The fraction of sp³-hybridized carbons (Fsp3) is 0.154. The Bertz CT molecular complexity index is 988. The lowest BCUT2D eigenvalue weighted by Crippen LogP contribution is -1.95. The van der Waals surface area contributed by atoms with Crippen molar-refractivity contribution in [3.8, 4) is 11.5 Å². The van der Waals surface area contributed by atoms with Crippen LogP contribution in [0.15, 0.2) is 72.8 Å². The van der Waals surface area contributed by atoms with Crippen LogP contribution in [0.1, 0.15) is 69.1 Å². The van der Waals surface area contributed by atoms with Gasteiger partial charge in [0.2, 0.25) is 0 Å². The molecule has 0 N–H and O–H groups in total. The molecule has 0 aliphatic heterocycles. The summed E-state index contributed by atoms with van der Waals surface area (Å²) in [5.74, 6) is 1.39. The first kappa shape index (κ1) is 23.4. The maximum Gasteiger partial charge on any atom is 0.159 e. The van der Waals surface area contributed by atoms with Crippen LogP contribution in [0.25, 0.3) is 0 Å². The van der Waals surface area contributed by atoms with Gasteiger partial charge in [-0.25, -0.2) is 0 Å². The highest BCUT2D eigenvalue weighted by molar-refractivity contribution is 5.97. The molecule has 3 rings (SSSR count). The van der Waals surface area contributed by atoms with Crippen molar-refractivity contribution in [3.63, 3.8) is 0 Å². The molecule has 0 aliphatic carbocycles. The van der Waals surface area contributed by atoms with Crippen LogP contribution in [-0.4, -0.2) is 23.1 Å². The van der Waals surface area contributed by atoms with E-state index in [1.165, 1.54) is 27.7 Å². The van der Waals surface area contributed by atoms with E-state index in [1.54, 1.807) is 72.8 Å². The molecule has 0 spiro atoms. The first-order valence-corrected chi connectivity index (χ1v) is 9.69. The molecule has 3 aromatic carbocycles. The zero-order valence-corrected chi connectivity index (χ0v) is 18.0. The zero-order chi connectivity index (χ0) is 23.0. The van der Waals surface area contributed by atoms with Crippen LogP contribution >= 0.6 is 0 Å². The van der Waals surface area contributed by atoms with Crippen LogP contribution in [-0.2, 0) is 0 Å². The summed E-state index contributed by atoms with van der Waals surface area (Å²) in [7, 11) is 0. The Morgan fingerprint density at radius 3 is 0.806 bits per heavy atom.